The summed E-state index contributed by atoms with van der Waals surface area (Å²) in [6.45, 7) is 0. The number of aromatic hydroxyl groups is 1. The first kappa shape index (κ1) is 20.8. The number of hydrogen-bond acceptors (Lipinski definition) is 5. The summed E-state index contributed by atoms with van der Waals surface area (Å²) in [6, 6.07) is 4.86. The van der Waals surface area contributed by atoms with E-state index in [4.69, 9.17) is 23.2 Å². The fraction of sp³-hybridized carbons (Fsp3) is 0.222. The largest absolute Gasteiger partial charge is 0.506 e. The Morgan fingerprint density at radius 2 is 2.10 bits per heavy atom. The van der Waals surface area contributed by atoms with Gasteiger partial charge in [-0.3, -0.25) is 4.79 Å². The molecule has 0 aliphatic carbocycles. The third kappa shape index (κ3) is 3.82. The summed E-state index contributed by atoms with van der Waals surface area (Å²) < 4.78 is 41.9. The Hall–Kier alpha value is -2.43. The number of halogens is 5. The van der Waals surface area contributed by atoms with E-state index in [0.717, 1.165) is 0 Å². The number of carbonyl (C=O) groups excluding carboxylic acids is 1. The van der Waals surface area contributed by atoms with Gasteiger partial charge in [-0.05, 0) is 29.6 Å². The number of rotatable bonds is 3. The molecule has 1 aromatic carbocycles. The highest BCUT2D eigenvalue weighted by atomic mass is 35.5. The maximum Gasteiger partial charge on any atom is 0.410 e. The lowest BCUT2D eigenvalue weighted by molar-refractivity contribution is -0.173. The number of phenolic OH excluding ortho intramolecular Hbond substituents is 1. The normalized spacial score (nSPS) is 18.6. The van der Waals surface area contributed by atoms with Crippen molar-refractivity contribution in [2.45, 2.75) is 24.7 Å². The number of nitrogens with zero attached hydrogens (tertiary/aromatic N) is 2. The van der Waals surface area contributed by atoms with E-state index in [1.54, 1.807) is 17.5 Å². The third-order valence-corrected chi connectivity index (χ3v) is 6.18. The molecule has 2 aromatic heterocycles. The second-order valence-electron chi connectivity index (χ2n) is 6.58. The van der Waals surface area contributed by atoms with Gasteiger partial charge in [-0.2, -0.15) is 18.3 Å². The van der Waals surface area contributed by atoms with Gasteiger partial charge in [0.1, 0.15) is 16.6 Å². The van der Waals surface area contributed by atoms with Crippen LogP contribution >= 0.6 is 34.5 Å². The molecule has 2 atom stereocenters. The zero-order valence-corrected chi connectivity index (χ0v) is 17.2. The maximum absolute atomic E-state index is 13.7. The van der Waals surface area contributed by atoms with E-state index < -0.39 is 29.9 Å². The van der Waals surface area contributed by atoms with E-state index in [9.17, 15) is 23.1 Å². The van der Waals surface area contributed by atoms with Gasteiger partial charge < -0.3 is 15.7 Å². The van der Waals surface area contributed by atoms with Crippen LogP contribution < -0.4 is 10.6 Å². The van der Waals surface area contributed by atoms with Gasteiger partial charge in [0.15, 0.2) is 11.7 Å². The molecule has 4 rings (SSSR count). The minimum Gasteiger partial charge on any atom is -0.506 e. The first-order valence-electron chi connectivity index (χ1n) is 8.59. The molecule has 0 fully saturated rings. The number of aromatic nitrogens is 2. The molecular formula is C18H13Cl2F3N4O2S. The molecule has 30 heavy (non-hydrogen) atoms. The molecule has 158 valence electrons. The van der Waals surface area contributed by atoms with Crippen molar-refractivity contribution < 1.29 is 23.1 Å². The molecule has 0 saturated carbocycles. The number of hydrogen-bond donors (Lipinski definition) is 3. The van der Waals surface area contributed by atoms with Gasteiger partial charge in [-0.25, -0.2) is 4.68 Å². The summed E-state index contributed by atoms with van der Waals surface area (Å²) in [5.74, 6) is -1.24. The zero-order chi connectivity index (χ0) is 21.6. The Morgan fingerprint density at radius 1 is 1.33 bits per heavy atom. The molecule has 1 aliphatic rings. The number of benzene rings is 1. The van der Waals surface area contributed by atoms with E-state index >= 15 is 0 Å². The van der Waals surface area contributed by atoms with Gasteiger partial charge in [-0.15, -0.1) is 11.3 Å². The molecule has 3 aromatic rings. The molecule has 0 spiro atoms. The molecule has 12 heteroatoms. The van der Waals surface area contributed by atoms with E-state index in [2.05, 4.69) is 15.7 Å². The van der Waals surface area contributed by atoms with Gasteiger partial charge in [0.05, 0.1) is 11.7 Å². The Kier molecular flexibility index (Phi) is 5.33. The highest BCUT2D eigenvalue weighted by Gasteiger charge is 2.48. The molecule has 6 nitrogen and oxygen atoms in total. The lowest BCUT2D eigenvalue weighted by Gasteiger charge is -2.32. The van der Waals surface area contributed by atoms with Crippen molar-refractivity contribution in [1.29, 1.82) is 0 Å². The monoisotopic (exact) mass is 476 g/mol. The van der Waals surface area contributed by atoms with Crippen molar-refractivity contribution in [3.8, 4) is 5.75 Å². The van der Waals surface area contributed by atoms with E-state index in [1.165, 1.54) is 29.5 Å². The summed E-state index contributed by atoms with van der Waals surface area (Å²) in [5, 5.41) is 20.8. The van der Waals surface area contributed by atoms with E-state index in [-0.39, 0.29) is 33.7 Å². The predicted molar refractivity (Wildman–Crippen MR) is 109 cm³/mol. The van der Waals surface area contributed by atoms with Crippen molar-refractivity contribution in [2.75, 3.05) is 10.6 Å². The second-order valence-corrected chi connectivity index (χ2v) is 8.37. The van der Waals surface area contributed by atoms with Crippen molar-refractivity contribution in [2.24, 2.45) is 0 Å². The average molecular weight is 477 g/mol. The molecule has 0 bridgehead atoms. The van der Waals surface area contributed by atoms with E-state index in [1.807, 2.05) is 0 Å². The maximum atomic E-state index is 13.7. The van der Waals surface area contributed by atoms with Crippen molar-refractivity contribution in [3.63, 3.8) is 0 Å². The molecule has 1 aliphatic heterocycles. The Morgan fingerprint density at radius 3 is 2.77 bits per heavy atom. The summed E-state index contributed by atoms with van der Waals surface area (Å²) in [7, 11) is 0. The predicted octanol–water partition coefficient (Wildman–Crippen LogP) is 5.87. The molecule has 3 N–H and O–H groups in total. The SMILES string of the molecule is O=C(Nc1cc(Cl)ccc1O)c1nn2c(c1Cl)N[C@H](c1cccs1)C[C@@H]2C(F)(F)F. The number of alkyl halides is 3. The summed E-state index contributed by atoms with van der Waals surface area (Å²) in [6.07, 6.45) is -4.90. The number of phenols is 1. The number of amides is 1. The summed E-state index contributed by atoms with van der Waals surface area (Å²) >= 11 is 13.4. The standard InChI is InChI=1S/C18H13Cl2F3N4O2S/c19-8-3-4-11(28)9(6-8)25-17(29)15-14(20)16-24-10(12-2-1-5-30-12)7-13(18(21,22)23)27(16)26-15/h1-6,10,13,24,28H,7H2,(H,25,29)/t10-,13+/m0/s1. The molecule has 3 heterocycles. The molecule has 0 unspecified atom stereocenters. The topological polar surface area (TPSA) is 79.2 Å². The van der Waals surface area contributed by atoms with Crippen LogP contribution in [0.3, 0.4) is 0 Å². The second kappa shape index (κ2) is 7.68. The van der Waals surface area contributed by atoms with Gasteiger partial charge in [0.2, 0.25) is 0 Å². The van der Waals surface area contributed by atoms with Crippen LogP contribution in [0.2, 0.25) is 10.0 Å². The smallest absolute Gasteiger partial charge is 0.410 e. The summed E-state index contributed by atoms with van der Waals surface area (Å²) in [5.41, 5.74) is -0.425. The number of fused-ring (bicyclic) bond motifs is 1. The number of carbonyl (C=O) groups is 1. The Bertz CT molecular complexity index is 1100. The number of anilines is 2. The molecule has 0 saturated heterocycles. The lowest BCUT2D eigenvalue weighted by atomic mass is 10.0. The van der Waals surface area contributed by atoms with Crippen LogP contribution in [0.5, 0.6) is 5.75 Å². The van der Waals surface area contributed by atoms with Crippen molar-refractivity contribution in [3.05, 3.63) is 56.3 Å². The quantitative estimate of drug-likeness (QED) is 0.413. The lowest BCUT2D eigenvalue weighted by Crippen LogP contribution is -2.35. The van der Waals surface area contributed by atoms with Gasteiger partial charge >= 0.3 is 6.18 Å². The van der Waals surface area contributed by atoms with Gasteiger partial charge in [-0.1, -0.05) is 29.3 Å². The Balaban J connectivity index is 1.71. The third-order valence-electron chi connectivity index (χ3n) is 4.60. The van der Waals surface area contributed by atoms with Crippen LogP contribution in [0.1, 0.15) is 33.9 Å². The Labute approximate surface area is 182 Å². The van der Waals surface area contributed by atoms with Gasteiger partial charge in [0.25, 0.3) is 5.91 Å². The molecule has 1 amide bonds. The van der Waals surface area contributed by atoms with Crippen LogP contribution in [-0.2, 0) is 0 Å². The first-order chi connectivity index (χ1) is 14.1. The first-order valence-corrected chi connectivity index (χ1v) is 10.2. The fourth-order valence-corrected chi connectivity index (χ4v) is 4.43. The van der Waals surface area contributed by atoms with Gasteiger partial charge in [0, 0.05) is 16.3 Å². The minimum absolute atomic E-state index is 0.0219. The van der Waals surface area contributed by atoms with Crippen molar-refractivity contribution in [1.82, 2.24) is 9.78 Å². The van der Waals surface area contributed by atoms with Crippen LogP contribution in [0.4, 0.5) is 24.7 Å². The fourth-order valence-electron chi connectivity index (χ4n) is 3.20. The minimum atomic E-state index is -4.60. The highest BCUT2D eigenvalue weighted by molar-refractivity contribution is 7.10. The average Bonchev–Trinajstić information content (AvgIpc) is 3.32. The van der Waals surface area contributed by atoms with Crippen molar-refractivity contribution >= 4 is 52.0 Å². The number of nitrogens with one attached hydrogen (secondary N) is 2. The van der Waals surface area contributed by atoms with Crippen LogP contribution in [0, 0.1) is 0 Å². The van der Waals surface area contributed by atoms with Crippen LogP contribution in [0.25, 0.3) is 0 Å². The highest BCUT2D eigenvalue weighted by Crippen LogP contribution is 2.47. The van der Waals surface area contributed by atoms with Crippen LogP contribution in [-0.4, -0.2) is 27.0 Å². The van der Waals surface area contributed by atoms with Crippen LogP contribution in [0.15, 0.2) is 35.7 Å². The summed E-state index contributed by atoms with van der Waals surface area (Å²) in [4.78, 5) is 13.4. The molecule has 0 radical (unpaired) electrons. The number of thiophene rings is 1. The van der Waals surface area contributed by atoms with E-state index in [0.29, 0.717) is 9.56 Å². The molecular weight excluding hydrogens is 464 g/mol. The zero-order valence-electron chi connectivity index (χ0n) is 14.9.